The van der Waals surface area contributed by atoms with E-state index in [0.717, 1.165) is 8.70 Å². The SMILES string of the molecule is O=S(=O)(Nc1ccccc1)c1ccc([As]=[As]c2ccc(S(=O)(=O)Nc3ccccc3)cc2)cc1. The van der Waals surface area contributed by atoms with Crippen LogP contribution in [0, 0.1) is 0 Å². The summed E-state index contributed by atoms with van der Waals surface area (Å²) in [5.41, 5.74) is 1.04. The summed E-state index contributed by atoms with van der Waals surface area (Å²) in [6, 6.07) is 31.5. The summed E-state index contributed by atoms with van der Waals surface area (Å²) in [6.07, 6.45) is 0. The van der Waals surface area contributed by atoms with Crippen LogP contribution in [0.4, 0.5) is 11.4 Å². The van der Waals surface area contributed by atoms with Crippen molar-refractivity contribution in [1.82, 2.24) is 0 Å². The van der Waals surface area contributed by atoms with Gasteiger partial charge in [0.25, 0.3) is 0 Å². The molecule has 0 aliphatic rings. The average molecular weight is 614 g/mol. The first-order valence-corrected chi connectivity index (χ1v) is 20.1. The Morgan fingerprint density at radius 3 is 1.09 bits per heavy atom. The van der Waals surface area contributed by atoms with Gasteiger partial charge in [-0.3, -0.25) is 0 Å². The molecule has 0 unspecified atom stereocenters. The summed E-state index contributed by atoms with van der Waals surface area (Å²) in [5.74, 6) is 0. The molecule has 4 aromatic rings. The summed E-state index contributed by atoms with van der Waals surface area (Å²) in [6.45, 7) is 0. The molecular weight excluding hydrogens is 594 g/mol. The summed E-state index contributed by atoms with van der Waals surface area (Å²) >= 11 is -0.306. The standard InChI is InChI=1S/C24H20As2N2O4S2/c29-33(30,27-21-7-3-1-4-8-21)23-15-11-19(12-16-23)25-26-20-13-17-24(18-14-20)34(31,32)28-22-9-5-2-6-10-22/h1-18,27-28H. The fraction of sp³-hybridized carbons (Fsp3) is 0. The molecule has 2 N–H and O–H groups in total. The van der Waals surface area contributed by atoms with Gasteiger partial charge < -0.3 is 0 Å². The quantitative estimate of drug-likeness (QED) is 0.299. The van der Waals surface area contributed by atoms with Crippen LogP contribution in [-0.2, 0) is 20.0 Å². The van der Waals surface area contributed by atoms with Crippen molar-refractivity contribution in [2.24, 2.45) is 0 Å². The average Bonchev–Trinajstić information content (AvgIpc) is 2.84. The minimum atomic E-state index is -3.63. The molecule has 0 amide bonds. The summed E-state index contributed by atoms with van der Waals surface area (Å²) in [7, 11) is -7.27. The van der Waals surface area contributed by atoms with Crippen LogP contribution in [0.5, 0.6) is 0 Å². The molecule has 172 valence electrons. The third-order valence-electron chi connectivity index (χ3n) is 4.63. The number of hydrogen-bond acceptors (Lipinski definition) is 4. The van der Waals surface area contributed by atoms with Gasteiger partial charge in [0.1, 0.15) is 0 Å². The van der Waals surface area contributed by atoms with Crippen molar-refractivity contribution in [1.29, 1.82) is 0 Å². The Balaban J connectivity index is 1.42. The Labute approximate surface area is 210 Å². The van der Waals surface area contributed by atoms with Gasteiger partial charge in [0.2, 0.25) is 0 Å². The third kappa shape index (κ3) is 6.54. The van der Waals surface area contributed by atoms with Gasteiger partial charge >= 0.3 is 212 Å². The molecule has 0 radical (unpaired) electrons. The number of nitrogens with one attached hydrogen (secondary N) is 2. The molecule has 0 aliphatic carbocycles. The molecule has 10 heteroatoms. The molecule has 0 atom stereocenters. The number of anilines is 2. The molecule has 0 saturated heterocycles. The van der Waals surface area contributed by atoms with Gasteiger partial charge in [-0.05, 0) is 0 Å². The molecule has 0 aliphatic heterocycles. The van der Waals surface area contributed by atoms with Gasteiger partial charge in [-0.25, -0.2) is 0 Å². The Hall–Kier alpha value is -2.50. The Morgan fingerprint density at radius 1 is 0.441 bits per heavy atom. The molecule has 6 nitrogen and oxygen atoms in total. The molecule has 0 bridgehead atoms. The normalized spacial score (nSPS) is 11.9. The van der Waals surface area contributed by atoms with Crippen molar-refractivity contribution in [3.8, 4) is 0 Å². The van der Waals surface area contributed by atoms with Crippen LogP contribution in [0.25, 0.3) is 0 Å². The minimum absolute atomic E-state index is 0.153. The van der Waals surface area contributed by atoms with Crippen molar-refractivity contribution in [2.75, 3.05) is 9.44 Å². The molecule has 0 aromatic heterocycles. The van der Waals surface area contributed by atoms with Crippen molar-refractivity contribution in [3.05, 3.63) is 109 Å². The molecule has 0 saturated carbocycles. The van der Waals surface area contributed by atoms with Gasteiger partial charge in [0, 0.05) is 0 Å². The number of benzene rings is 4. The van der Waals surface area contributed by atoms with E-state index in [1.54, 1.807) is 72.8 Å². The Bertz CT molecular complexity index is 1380. The molecular formula is C24H20As2N2O4S2. The van der Waals surface area contributed by atoms with Crippen molar-refractivity contribution in [2.45, 2.75) is 9.79 Å². The summed E-state index contributed by atoms with van der Waals surface area (Å²) in [4.78, 5) is 0.441. The fourth-order valence-corrected chi connectivity index (χ4v) is 12.2. The molecule has 4 aromatic carbocycles. The first kappa shape index (κ1) is 24.6. The van der Waals surface area contributed by atoms with Gasteiger partial charge in [-0.2, -0.15) is 0 Å². The van der Waals surface area contributed by atoms with E-state index in [2.05, 4.69) is 9.44 Å². The molecule has 0 fully saturated rings. The summed E-state index contributed by atoms with van der Waals surface area (Å²) in [5, 5.41) is 0. The maximum absolute atomic E-state index is 12.6. The van der Waals surface area contributed by atoms with E-state index in [9.17, 15) is 16.8 Å². The number of para-hydroxylation sites is 2. The van der Waals surface area contributed by atoms with Crippen LogP contribution in [-0.4, -0.2) is 43.1 Å². The van der Waals surface area contributed by atoms with Gasteiger partial charge in [-0.1, -0.05) is 0 Å². The van der Waals surface area contributed by atoms with Crippen LogP contribution in [0.2, 0.25) is 0 Å². The van der Waals surface area contributed by atoms with Crippen LogP contribution in [0.15, 0.2) is 119 Å². The van der Waals surface area contributed by atoms with E-state index in [1.165, 1.54) is 0 Å². The predicted octanol–water partition coefficient (Wildman–Crippen LogP) is 2.56. The predicted molar refractivity (Wildman–Crippen MR) is 138 cm³/mol. The third-order valence-corrected chi connectivity index (χ3v) is 16.0. The Morgan fingerprint density at radius 2 is 0.765 bits per heavy atom. The zero-order valence-corrected chi connectivity index (χ0v) is 23.1. The monoisotopic (exact) mass is 614 g/mol. The topological polar surface area (TPSA) is 92.3 Å². The van der Waals surface area contributed by atoms with Gasteiger partial charge in [0.15, 0.2) is 0 Å². The zero-order chi connectivity index (χ0) is 24.0. The molecule has 0 heterocycles. The second kappa shape index (κ2) is 10.8. The second-order valence-corrected chi connectivity index (χ2v) is 17.9. The van der Waals surface area contributed by atoms with Gasteiger partial charge in [0.05, 0.1) is 0 Å². The van der Waals surface area contributed by atoms with Crippen LogP contribution in [0.1, 0.15) is 0 Å². The number of sulfonamides is 2. The maximum atomic E-state index is 12.6. The van der Waals surface area contributed by atoms with Crippen molar-refractivity contribution < 1.29 is 16.8 Å². The number of hydrogen-bond donors (Lipinski definition) is 2. The van der Waals surface area contributed by atoms with E-state index in [4.69, 9.17) is 0 Å². The van der Waals surface area contributed by atoms with Crippen molar-refractivity contribution in [3.63, 3.8) is 0 Å². The molecule has 4 rings (SSSR count). The molecule has 0 spiro atoms. The van der Waals surface area contributed by atoms with E-state index in [1.807, 2.05) is 36.4 Å². The van der Waals surface area contributed by atoms with E-state index >= 15 is 0 Å². The van der Waals surface area contributed by atoms with Crippen LogP contribution in [0.3, 0.4) is 0 Å². The van der Waals surface area contributed by atoms with Crippen molar-refractivity contribution >= 4 is 66.4 Å². The zero-order valence-electron chi connectivity index (χ0n) is 17.7. The summed E-state index contributed by atoms with van der Waals surface area (Å²) < 4.78 is 57.7. The van der Waals surface area contributed by atoms with E-state index in [-0.39, 0.29) is 36.1 Å². The number of rotatable bonds is 8. The van der Waals surface area contributed by atoms with Crippen LogP contribution < -0.4 is 18.1 Å². The first-order valence-electron chi connectivity index (χ1n) is 10.1. The Kier molecular flexibility index (Phi) is 7.84. The van der Waals surface area contributed by atoms with Gasteiger partial charge in [-0.15, -0.1) is 0 Å². The molecule has 34 heavy (non-hydrogen) atoms. The fourth-order valence-electron chi connectivity index (χ4n) is 2.94. The van der Waals surface area contributed by atoms with E-state index < -0.39 is 20.0 Å². The van der Waals surface area contributed by atoms with Crippen LogP contribution >= 0.6 is 0 Å². The van der Waals surface area contributed by atoms with E-state index in [0.29, 0.717) is 11.4 Å². The first-order chi connectivity index (χ1) is 16.3. The second-order valence-electron chi connectivity index (χ2n) is 7.13.